The van der Waals surface area contributed by atoms with E-state index in [0.29, 0.717) is 6.54 Å². The molecule has 1 aromatic rings. The number of benzene rings is 1. The lowest BCUT2D eigenvalue weighted by atomic mass is 9.82. The van der Waals surface area contributed by atoms with Crippen LogP contribution in [0.3, 0.4) is 0 Å². The molecule has 0 saturated heterocycles. The molecule has 2 rings (SSSR count). The molecule has 1 aliphatic rings. The van der Waals surface area contributed by atoms with Crippen LogP contribution in [0.25, 0.3) is 0 Å². The third-order valence-electron chi connectivity index (χ3n) is 3.67. The molecular weight excluding hydrogens is 217 g/mol. The molecule has 0 aromatic heterocycles. The van der Waals surface area contributed by atoms with Gasteiger partial charge in [-0.2, -0.15) is 0 Å². The van der Waals surface area contributed by atoms with E-state index in [4.69, 9.17) is 0 Å². The van der Waals surface area contributed by atoms with E-state index in [2.05, 4.69) is 5.32 Å². The lowest BCUT2D eigenvalue weighted by Crippen LogP contribution is -2.49. The highest BCUT2D eigenvalue weighted by Gasteiger charge is 2.30. The normalized spacial score (nSPS) is 19.2. The highest BCUT2D eigenvalue weighted by atomic mass is 19.1. The van der Waals surface area contributed by atoms with Crippen LogP contribution >= 0.6 is 0 Å². The summed E-state index contributed by atoms with van der Waals surface area (Å²) in [5.74, 6) is -0.203. The number of aliphatic hydroxyl groups is 1. The summed E-state index contributed by atoms with van der Waals surface area (Å²) in [7, 11) is 0. The van der Waals surface area contributed by atoms with Gasteiger partial charge >= 0.3 is 0 Å². The Kier molecular flexibility index (Phi) is 4.13. The smallest absolute Gasteiger partial charge is 0.123 e. The van der Waals surface area contributed by atoms with Crippen molar-refractivity contribution in [3.63, 3.8) is 0 Å². The van der Waals surface area contributed by atoms with Crippen molar-refractivity contribution >= 4 is 0 Å². The fourth-order valence-electron chi connectivity index (χ4n) is 2.56. The topological polar surface area (TPSA) is 32.3 Å². The molecule has 0 atom stereocenters. The first kappa shape index (κ1) is 12.5. The van der Waals surface area contributed by atoms with Crippen molar-refractivity contribution in [3.8, 4) is 0 Å². The van der Waals surface area contributed by atoms with E-state index in [1.807, 2.05) is 6.07 Å². The van der Waals surface area contributed by atoms with Crippen LogP contribution in [-0.4, -0.2) is 17.3 Å². The summed E-state index contributed by atoms with van der Waals surface area (Å²) in [4.78, 5) is 0. The van der Waals surface area contributed by atoms with Gasteiger partial charge in [-0.15, -0.1) is 0 Å². The van der Waals surface area contributed by atoms with E-state index < -0.39 is 0 Å². The molecule has 1 aromatic carbocycles. The Morgan fingerprint density at radius 2 is 2.00 bits per heavy atom. The first-order chi connectivity index (χ1) is 8.24. The number of hydrogen-bond acceptors (Lipinski definition) is 2. The van der Waals surface area contributed by atoms with Crippen molar-refractivity contribution in [1.29, 1.82) is 0 Å². The Bertz CT molecular complexity index is 361. The molecule has 1 saturated carbocycles. The Morgan fingerprint density at radius 1 is 1.24 bits per heavy atom. The van der Waals surface area contributed by atoms with Gasteiger partial charge in [0.15, 0.2) is 0 Å². The van der Waals surface area contributed by atoms with E-state index in [0.717, 1.165) is 31.2 Å². The summed E-state index contributed by atoms with van der Waals surface area (Å²) >= 11 is 0. The predicted octanol–water partition coefficient (Wildman–Crippen LogP) is 2.61. The standard InChI is InChI=1S/C14H20FNO/c15-13-6-4-5-12(9-13)10-16-14(11-17)7-2-1-3-8-14/h4-6,9,16-17H,1-3,7-8,10-11H2. The first-order valence-corrected chi connectivity index (χ1v) is 6.34. The van der Waals surface area contributed by atoms with Crippen LogP contribution < -0.4 is 5.32 Å². The fourth-order valence-corrected chi connectivity index (χ4v) is 2.56. The van der Waals surface area contributed by atoms with Gasteiger partial charge in [-0.1, -0.05) is 31.4 Å². The SMILES string of the molecule is OCC1(NCc2cccc(F)c2)CCCCC1. The van der Waals surface area contributed by atoms with E-state index in [1.165, 1.54) is 12.5 Å². The van der Waals surface area contributed by atoms with Crippen molar-refractivity contribution in [3.05, 3.63) is 35.6 Å². The van der Waals surface area contributed by atoms with E-state index in [-0.39, 0.29) is 18.0 Å². The van der Waals surface area contributed by atoms with E-state index in [1.54, 1.807) is 12.1 Å². The van der Waals surface area contributed by atoms with Crippen molar-refractivity contribution in [1.82, 2.24) is 5.32 Å². The fraction of sp³-hybridized carbons (Fsp3) is 0.571. The Labute approximate surface area is 102 Å². The van der Waals surface area contributed by atoms with Gasteiger partial charge in [0.1, 0.15) is 5.82 Å². The van der Waals surface area contributed by atoms with Crippen LogP contribution in [-0.2, 0) is 6.54 Å². The molecule has 0 spiro atoms. The van der Waals surface area contributed by atoms with Gasteiger partial charge < -0.3 is 10.4 Å². The van der Waals surface area contributed by atoms with Gasteiger partial charge in [0.05, 0.1) is 6.61 Å². The Morgan fingerprint density at radius 3 is 2.65 bits per heavy atom. The zero-order valence-corrected chi connectivity index (χ0v) is 10.1. The molecule has 1 aliphatic carbocycles. The van der Waals surface area contributed by atoms with Gasteiger partial charge in [-0.05, 0) is 30.5 Å². The molecule has 0 bridgehead atoms. The quantitative estimate of drug-likeness (QED) is 0.843. The summed E-state index contributed by atoms with van der Waals surface area (Å²) in [5.41, 5.74) is 0.785. The van der Waals surface area contributed by atoms with Crippen molar-refractivity contribution in [2.75, 3.05) is 6.61 Å². The van der Waals surface area contributed by atoms with Gasteiger partial charge in [0, 0.05) is 12.1 Å². The summed E-state index contributed by atoms with van der Waals surface area (Å²) in [5, 5.41) is 12.9. The molecule has 2 N–H and O–H groups in total. The van der Waals surface area contributed by atoms with Gasteiger partial charge in [0.2, 0.25) is 0 Å². The third-order valence-corrected chi connectivity index (χ3v) is 3.67. The summed E-state index contributed by atoms with van der Waals surface area (Å²) < 4.78 is 13.0. The average Bonchev–Trinajstić information content (AvgIpc) is 2.38. The number of halogens is 1. The maximum Gasteiger partial charge on any atom is 0.123 e. The van der Waals surface area contributed by atoms with Crippen LogP contribution in [0.2, 0.25) is 0 Å². The summed E-state index contributed by atoms with van der Waals surface area (Å²) in [6.45, 7) is 0.792. The van der Waals surface area contributed by atoms with Crippen LogP contribution in [0.5, 0.6) is 0 Å². The lowest BCUT2D eigenvalue weighted by molar-refractivity contribution is 0.119. The minimum atomic E-state index is -0.203. The molecule has 0 radical (unpaired) electrons. The second-order valence-electron chi connectivity index (χ2n) is 4.98. The van der Waals surface area contributed by atoms with E-state index >= 15 is 0 Å². The molecule has 0 heterocycles. The molecule has 17 heavy (non-hydrogen) atoms. The second kappa shape index (κ2) is 5.61. The number of hydrogen-bond donors (Lipinski definition) is 2. The monoisotopic (exact) mass is 237 g/mol. The van der Waals surface area contributed by atoms with Crippen LogP contribution in [0.4, 0.5) is 4.39 Å². The van der Waals surface area contributed by atoms with Gasteiger partial charge in [-0.25, -0.2) is 4.39 Å². The third kappa shape index (κ3) is 3.27. The molecule has 94 valence electrons. The first-order valence-electron chi connectivity index (χ1n) is 6.34. The van der Waals surface area contributed by atoms with Crippen molar-refractivity contribution < 1.29 is 9.50 Å². The number of rotatable bonds is 4. The molecule has 0 amide bonds. The maximum atomic E-state index is 13.0. The number of nitrogens with one attached hydrogen (secondary N) is 1. The minimum absolute atomic E-state index is 0.148. The maximum absolute atomic E-state index is 13.0. The molecule has 0 unspecified atom stereocenters. The van der Waals surface area contributed by atoms with Gasteiger partial charge in [0.25, 0.3) is 0 Å². The largest absolute Gasteiger partial charge is 0.394 e. The van der Waals surface area contributed by atoms with Gasteiger partial charge in [-0.3, -0.25) is 0 Å². The van der Waals surface area contributed by atoms with Crippen LogP contribution in [0.1, 0.15) is 37.7 Å². The predicted molar refractivity (Wildman–Crippen MR) is 66.1 cm³/mol. The highest BCUT2D eigenvalue weighted by Crippen LogP contribution is 2.28. The molecule has 1 fully saturated rings. The second-order valence-corrected chi connectivity index (χ2v) is 4.98. The van der Waals surface area contributed by atoms with E-state index in [9.17, 15) is 9.50 Å². The van der Waals surface area contributed by atoms with Crippen LogP contribution in [0.15, 0.2) is 24.3 Å². The Balaban J connectivity index is 1.95. The number of aliphatic hydroxyl groups excluding tert-OH is 1. The van der Waals surface area contributed by atoms with Crippen molar-refractivity contribution in [2.45, 2.75) is 44.2 Å². The average molecular weight is 237 g/mol. The summed E-state index contributed by atoms with van der Waals surface area (Å²) in [6.07, 6.45) is 5.61. The molecule has 3 heteroatoms. The molecule has 0 aliphatic heterocycles. The zero-order chi connectivity index (χ0) is 12.1. The zero-order valence-electron chi connectivity index (χ0n) is 10.1. The minimum Gasteiger partial charge on any atom is -0.394 e. The van der Waals surface area contributed by atoms with Crippen molar-refractivity contribution in [2.24, 2.45) is 0 Å². The lowest BCUT2D eigenvalue weighted by Gasteiger charge is -2.36. The van der Waals surface area contributed by atoms with Crippen LogP contribution in [0, 0.1) is 5.82 Å². The molecule has 2 nitrogen and oxygen atoms in total. The molecular formula is C14H20FNO. The highest BCUT2D eigenvalue weighted by molar-refractivity contribution is 5.16. The Hall–Kier alpha value is -0.930. The summed E-state index contributed by atoms with van der Waals surface area (Å²) in [6, 6.07) is 6.62.